The molecule has 0 heterocycles. The van der Waals surface area contributed by atoms with Gasteiger partial charge in [-0.2, -0.15) is 0 Å². The maximum atomic E-state index is 10.7. The van der Waals surface area contributed by atoms with Gasteiger partial charge in [-0.3, -0.25) is 0 Å². The third kappa shape index (κ3) is 5.97. The standard InChI is InChI=1S/C11H22O5Si/c1-5-14-17(15-6-2,16-7-3)9-8-10(4)11(12)13/h4-9H2,1-3H3,(H,12,13). The number of carboxylic acid groups (broad SMARTS) is 1. The Morgan fingerprint density at radius 3 is 1.82 bits per heavy atom. The summed E-state index contributed by atoms with van der Waals surface area (Å²) in [6, 6.07) is 0.452. The van der Waals surface area contributed by atoms with Crippen LogP contribution in [0.3, 0.4) is 0 Å². The number of hydrogen-bond donors (Lipinski definition) is 1. The van der Waals surface area contributed by atoms with Gasteiger partial charge in [0.15, 0.2) is 0 Å². The van der Waals surface area contributed by atoms with Crippen LogP contribution >= 0.6 is 0 Å². The minimum absolute atomic E-state index is 0.154. The van der Waals surface area contributed by atoms with Gasteiger partial charge < -0.3 is 18.4 Å². The zero-order valence-corrected chi connectivity index (χ0v) is 11.8. The topological polar surface area (TPSA) is 65.0 Å². The largest absolute Gasteiger partial charge is 0.501 e. The van der Waals surface area contributed by atoms with E-state index in [1.54, 1.807) is 0 Å². The lowest BCUT2D eigenvalue weighted by molar-refractivity contribution is -0.132. The van der Waals surface area contributed by atoms with E-state index in [2.05, 4.69) is 6.58 Å². The van der Waals surface area contributed by atoms with Crippen LogP contribution in [0.2, 0.25) is 6.04 Å². The summed E-state index contributed by atoms with van der Waals surface area (Å²) in [6.07, 6.45) is 0.321. The van der Waals surface area contributed by atoms with Crippen molar-refractivity contribution in [3.63, 3.8) is 0 Å². The van der Waals surface area contributed by atoms with Gasteiger partial charge in [0.05, 0.1) is 0 Å². The number of rotatable bonds is 10. The SMILES string of the molecule is C=C(CC[Si](OCC)(OCC)OCC)C(=O)O. The lowest BCUT2D eigenvalue weighted by Gasteiger charge is -2.28. The van der Waals surface area contributed by atoms with Gasteiger partial charge in [0, 0.05) is 31.4 Å². The first kappa shape index (κ1) is 16.3. The molecule has 0 bridgehead atoms. The molecule has 0 unspecified atom stereocenters. The van der Waals surface area contributed by atoms with Crippen LogP contribution in [-0.4, -0.2) is 39.7 Å². The van der Waals surface area contributed by atoms with Crippen molar-refractivity contribution in [1.82, 2.24) is 0 Å². The van der Waals surface area contributed by atoms with Gasteiger partial charge in [-0.15, -0.1) is 0 Å². The molecule has 0 radical (unpaired) electrons. The highest BCUT2D eigenvalue weighted by Crippen LogP contribution is 2.20. The molecule has 0 aliphatic carbocycles. The molecule has 100 valence electrons. The lowest BCUT2D eigenvalue weighted by atomic mass is 10.2. The van der Waals surface area contributed by atoms with E-state index in [0.29, 0.717) is 32.3 Å². The van der Waals surface area contributed by atoms with Crippen LogP contribution in [0.25, 0.3) is 0 Å². The molecule has 5 nitrogen and oxygen atoms in total. The summed E-state index contributed by atoms with van der Waals surface area (Å²) in [7, 11) is -2.73. The van der Waals surface area contributed by atoms with E-state index < -0.39 is 14.8 Å². The van der Waals surface area contributed by atoms with Gasteiger partial charge in [0.1, 0.15) is 0 Å². The molecule has 0 saturated heterocycles. The number of carboxylic acids is 1. The molecule has 0 atom stereocenters. The van der Waals surface area contributed by atoms with Crippen molar-refractivity contribution in [3.05, 3.63) is 12.2 Å². The monoisotopic (exact) mass is 262 g/mol. The third-order valence-electron chi connectivity index (χ3n) is 2.13. The minimum Gasteiger partial charge on any atom is -0.478 e. The highest BCUT2D eigenvalue weighted by molar-refractivity contribution is 6.60. The van der Waals surface area contributed by atoms with E-state index in [1.807, 2.05) is 20.8 Å². The molecular formula is C11H22O5Si. The normalized spacial score (nSPS) is 11.5. The minimum atomic E-state index is -2.73. The van der Waals surface area contributed by atoms with Crippen molar-refractivity contribution in [1.29, 1.82) is 0 Å². The molecule has 1 N–H and O–H groups in total. The van der Waals surface area contributed by atoms with E-state index >= 15 is 0 Å². The van der Waals surface area contributed by atoms with E-state index in [1.165, 1.54) is 0 Å². The van der Waals surface area contributed by atoms with E-state index in [-0.39, 0.29) is 5.57 Å². The smallest absolute Gasteiger partial charge is 0.478 e. The van der Waals surface area contributed by atoms with Crippen LogP contribution in [0.15, 0.2) is 12.2 Å². The van der Waals surface area contributed by atoms with Crippen molar-refractivity contribution >= 4 is 14.8 Å². The molecule has 0 amide bonds. The van der Waals surface area contributed by atoms with Crippen LogP contribution in [0.5, 0.6) is 0 Å². The van der Waals surface area contributed by atoms with Crippen LogP contribution in [-0.2, 0) is 18.1 Å². The third-order valence-corrected chi connectivity index (χ3v) is 5.18. The quantitative estimate of drug-likeness (QED) is 0.482. The molecule has 0 aliphatic rings. The molecule has 0 aromatic rings. The van der Waals surface area contributed by atoms with Crippen LogP contribution in [0, 0.1) is 0 Å². The van der Waals surface area contributed by atoms with Gasteiger partial charge >= 0.3 is 14.8 Å². The van der Waals surface area contributed by atoms with Crippen molar-refractivity contribution in [2.24, 2.45) is 0 Å². The molecule has 0 aromatic heterocycles. The Morgan fingerprint density at radius 2 is 1.53 bits per heavy atom. The summed E-state index contributed by atoms with van der Waals surface area (Å²) < 4.78 is 16.8. The predicted molar refractivity (Wildman–Crippen MR) is 66.8 cm³/mol. The summed E-state index contributed by atoms with van der Waals surface area (Å²) in [5.41, 5.74) is 0.154. The van der Waals surface area contributed by atoms with E-state index in [9.17, 15) is 4.79 Å². The number of carbonyl (C=O) groups is 1. The fourth-order valence-electron chi connectivity index (χ4n) is 1.41. The van der Waals surface area contributed by atoms with Gasteiger partial charge in [-0.25, -0.2) is 4.79 Å². The summed E-state index contributed by atoms with van der Waals surface area (Å²) in [4.78, 5) is 10.7. The Hall–Kier alpha value is -0.693. The lowest BCUT2D eigenvalue weighted by Crippen LogP contribution is -2.46. The van der Waals surface area contributed by atoms with Crippen molar-refractivity contribution < 1.29 is 23.2 Å². The van der Waals surface area contributed by atoms with Gasteiger partial charge in [-0.05, 0) is 27.2 Å². The Balaban J connectivity index is 4.53. The molecule has 6 heteroatoms. The first-order valence-electron chi connectivity index (χ1n) is 5.84. The second kappa shape index (κ2) is 8.41. The van der Waals surface area contributed by atoms with E-state index in [4.69, 9.17) is 18.4 Å². The Morgan fingerprint density at radius 1 is 1.12 bits per heavy atom. The molecule has 0 fully saturated rings. The van der Waals surface area contributed by atoms with Crippen molar-refractivity contribution in [2.75, 3.05) is 19.8 Å². The fraction of sp³-hybridized carbons (Fsp3) is 0.727. The number of aliphatic carboxylic acids is 1. The second-order valence-corrected chi connectivity index (χ2v) is 6.12. The van der Waals surface area contributed by atoms with Crippen molar-refractivity contribution in [3.8, 4) is 0 Å². The van der Waals surface area contributed by atoms with Crippen LogP contribution in [0.1, 0.15) is 27.2 Å². The zero-order chi connectivity index (χ0) is 13.3. The first-order valence-corrected chi connectivity index (χ1v) is 7.77. The summed E-state index contributed by atoms with van der Waals surface area (Å²) in [6.45, 7) is 10.6. The van der Waals surface area contributed by atoms with Crippen LogP contribution in [0.4, 0.5) is 0 Å². The van der Waals surface area contributed by atoms with E-state index in [0.717, 1.165) is 0 Å². The summed E-state index contributed by atoms with van der Waals surface area (Å²) >= 11 is 0. The average Bonchev–Trinajstić information content (AvgIpc) is 2.27. The van der Waals surface area contributed by atoms with Crippen molar-refractivity contribution in [2.45, 2.75) is 33.2 Å². The highest BCUT2D eigenvalue weighted by atomic mass is 28.4. The number of hydrogen-bond acceptors (Lipinski definition) is 4. The predicted octanol–water partition coefficient (Wildman–Crippen LogP) is 2.07. The molecular weight excluding hydrogens is 240 g/mol. The van der Waals surface area contributed by atoms with Gasteiger partial charge in [0.25, 0.3) is 0 Å². The average molecular weight is 262 g/mol. The maximum absolute atomic E-state index is 10.7. The van der Waals surface area contributed by atoms with Gasteiger partial charge in [0.2, 0.25) is 0 Å². The Labute approximate surface area is 104 Å². The molecule has 0 saturated carbocycles. The first-order chi connectivity index (χ1) is 8.01. The maximum Gasteiger partial charge on any atom is 0.501 e. The fourth-order valence-corrected chi connectivity index (χ4v) is 4.02. The highest BCUT2D eigenvalue weighted by Gasteiger charge is 2.40. The molecule has 0 aromatic carbocycles. The zero-order valence-electron chi connectivity index (χ0n) is 10.8. The van der Waals surface area contributed by atoms with Crippen LogP contribution < -0.4 is 0 Å². The molecule has 0 rings (SSSR count). The Kier molecular flexibility index (Phi) is 8.06. The summed E-state index contributed by atoms with van der Waals surface area (Å²) in [5, 5.41) is 8.76. The second-order valence-electron chi connectivity index (χ2n) is 3.39. The molecule has 17 heavy (non-hydrogen) atoms. The summed E-state index contributed by atoms with van der Waals surface area (Å²) in [5.74, 6) is -0.989. The van der Waals surface area contributed by atoms with Gasteiger partial charge in [-0.1, -0.05) is 6.58 Å². The molecule has 0 spiro atoms. The Bertz CT molecular complexity index is 237. The molecule has 0 aliphatic heterocycles.